The Morgan fingerprint density at radius 1 is 1.07 bits per heavy atom. The summed E-state index contributed by atoms with van der Waals surface area (Å²) < 4.78 is 13.7. The van der Waals surface area contributed by atoms with E-state index < -0.39 is 0 Å². The largest absolute Gasteiger partial charge is 0.493 e. The molecule has 0 N–H and O–H groups in total. The molecule has 3 aromatic rings. The zero-order chi connectivity index (χ0) is 19.3. The average molecular weight is 379 g/mol. The highest BCUT2D eigenvalue weighted by atomic mass is 16.5. The Morgan fingerprint density at radius 2 is 1.89 bits per heavy atom. The third kappa shape index (κ3) is 2.85. The van der Waals surface area contributed by atoms with Crippen molar-refractivity contribution in [1.29, 1.82) is 0 Å². The molecule has 0 spiro atoms. The van der Waals surface area contributed by atoms with Crippen LogP contribution in [0.2, 0.25) is 0 Å². The first kappa shape index (κ1) is 17.3. The third-order valence-electron chi connectivity index (χ3n) is 5.93. The van der Waals surface area contributed by atoms with Crippen LogP contribution in [0.1, 0.15) is 35.4 Å². The van der Waals surface area contributed by atoms with Crippen molar-refractivity contribution in [3.63, 3.8) is 0 Å². The van der Waals surface area contributed by atoms with Crippen LogP contribution in [-0.2, 0) is 6.42 Å². The molecule has 2 aliphatic heterocycles. The van der Waals surface area contributed by atoms with Crippen LogP contribution < -0.4 is 14.4 Å². The predicted molar refractivity (Wildman–Crippen MR) is 106 cm³/mol. The molecule has 0 saturated carbocycles. The zero-order valence-electron chi connectivity index (χ0n) is 16.6. The number of anilines is 1. The topological polar surface area (TPSA) is 64.8 Å². The lowest BCUT2D eigenvalue weighted by molar-refractivity contribution is 0.170. The van der Waals surface area contributed by atoms with Gasteiger partial charge in [-0.15, -0.1) is 15.3 Å². The number of aryl methyl sites for hydroxylation is 2. The lowest BCUT2D eigenvalue weighted by Crippen LogP contribution is -2.39. The fraction of sp³-hybridized carbons (Fsp3) is 0.476. The summed E-state index contributed by atoms with van der Waals surface area (Å²) in [6.45, 7) is 8.79. The first-order chi connectivity index (χ1) is 13.6. The number of hydrogen-bond acceptors (Lipinski definition) is 6. The predicted octanol–water partition coefficient (Wildman–Crippen LogP) is 3.03. The number of benzene rings is 1. The summed E-state index contributed by atoms with van der Waals surface area (Å²) in [5.74, 6) is 3.80. The van der Waals surface area contributed by atoms with Crippen LogP contribution in [0.15, 0.2) is 18.2 Å². The normalized spacial score (nSPS) is 17.0. The van der Waals surface area contributed by atoms with E-state index in [0.29, 0.717) is 0 Å². The molecule has 0 radical (unpaired) electrons. The molecule has 0 bridgehead atoms. The van der Waals surface area contributed by atoms with Crippen molar-refractivity contribution in [2.24, 2.45) is 0 Å². The maximum Gasteiger partial charge on any atom is 0.181 e. The summed E-state index contributed by atoms with van der Waals surface area (Å²) in [6.07, 6.45) is 3.17. The van der Waals surface area contributed by atoms with Gasteiger partial charge in [0.2, 0.25) is 0 Å². The SMILES string of the molecule is Cc1c(N2CCC(Oc3ccc4c(c3)CCO4)CC2)nn2c(C)nnc2c1C. The van der Waals surface area contributed by atoms with Gasteiger partial charge in [0, 0.05) is 49.0 Å². The van der Waals surface area contributed by atoms with Gasteiger partial charge in [0.05, 0.1) is 6.61 Å². The molecule has 4 heterocycles. The van der Waals surface area contributed by atoms with E-state index in [4.69, 9.17) is 14.6 Å². The Kier molecular flexibility index (Phi) is 4.10. The molecule has 146 valence electrons. The van der Waals surface area contributed by atoms with Gasteiger partial charge in [-0.05, 0) is 39.0 Å². The number of nitrogens with zero attached hydrogens (tertiary/aromatic N) is 5. The van der Waals surface area contributed by atoms with Gasteiger partial charge in [0.25, 0.3) is 0 Å². The van der Waals surface area contributed by atoms with Crippen LogP contribution >= 0.6 is 0 Å². The van der Waals surface area contributed by atoms with Gasteiger partial charge in [0.1, 0.15) is 17.6 Å². The van der Waals surface area contributed by atoms with Crippen LogP contribution in [0.4, 0.5) is 5.82 Å². The second kappa shape index (κ2) is 6.65. The Balaban J connectivity index is 1.30. The Morgan fingerprint density at radius 3 is 2.71 bits per heavy atom. The van der Waals surface area contributed by atoms with Crippen molar-refractivity contribution in [1.82, 2.24) is 19.8 Å². The van der Waals surface area contributed by atoms with Gasteiger partial charge in [-0.3, -0.25) is 0 Å². The molecule has 0 amide bonds. The summed E-state index contributed by atoms with van der Waals surface area (Å²) in [5, 5.41) is 13.3. The molecule has 0 aliphatic carbocycles. The molecule has 7 nitrogen and oxygen atoms in total. The molecule has 1 aromatic carbocycles. The number of aromatic nitrogens is 4. The van der Waals surface area contributed by atoms with Crippen LogP contribution in [0.5, 0.6) is 11.5 Å². The highest BCUT2D eigenvalue weighted by molar-refractivity contribution is 5.59. The lowest BCUT2D eigenvalue weighted by Gasteiger charge is -2.34. The lowest BCUT2D eigenvalue weighted by atomic mass is 10.1. The van der Waals surface area contributed by atoms with Gasteiger partial charge < -0.3 is 14.4 Å². The minimum absolute atomic E-state index is 0.235. The number of piperidine rings is 1. The second-order valence-corrected chi connectivity index (χ2v) is 7.73. The minimum atomic E-state index is 0.235. The quantitative estimate of drug-likeness (QED) is 0.697. The van der Waals surface area contributed by atoms with Crippen LogP contribution in [0.25, 0.3) is 5.65 Å². The maximum atomic E-state index is 6.27. The molecule has 7 heteroatoms. The minimum Gasteiger partial charge on any atom is -0.493 e. The fourth-order valence-electron chi connectivity index (χ4n) is 4.13. The third-order valence-corrected chi connectivity index (χ3v) is 5.93. The van der Waals surface area contributed by atoms with E-state index in [1.54, 1.807) is 0 Å². The van der Waals surface area contributed by atoms with E-state index >= 15 is 0 Å². The summed E-state index contributed by atoms with van der Waals surface area (Å²) in [5.41, 5.74) is 4.42. The molecule has 1 saturated heterocycles. The fourth-order valence-corrected chi connectivity index (χ4v) is 4.13. The van der Waals surface area contributed by atoms with Gasteiger partial charge in [-0.2, -0.15) is 4.52 Å². The van der Waals surface area contributed by atoms with Crippen molar-refractivity contribution in [3.8, 4) is 11.5 Å². The number of hydrogen-bond donors (Lipinski definition) is 0. The maximum absolute atomic E-state index is 6.27. The van der Waals surface area contributed by atoms with E-state index in [2.05, 4.69) is 35.0 Å². The highest BCUT2D eigenvalue weighted by Gasteiger charge is 2.25. The Hall–Kier alpha value is -2.83. The van der Waals surface area contributed by atoms with Gasteiger partial charge in [0.15, 0.2) is 17.3 Å². The van der Waals surface area contributed by atoms with Crippen molar-refractivity contribution in [2.75, 3.05) is 24.6 Å². The standard InChI is InChI=1S/C21H25N5O2/c1-13-14(2)21(24-26-15(3)22-23-20(13)26)25-9-6-17(7-10-25)28-18-4-5-19-16(12-18)8-11-27-19/h4-5,12,17H,6-11H2,1-3H3. The summed E-state index contributed by atoms with van der Waals surface area (Å²) in [7, 11) is 0. The van der Waals surface area contributed by atoms with Crippen LogP contribution in [-0.4, -0.2) is 45.6 Å². The molecule has 2 aromatic heterocycles. The number of fused-ring (bicyclic) bond motifs is 2. The van der Waals surface area contributed by atoms with Crippen molar-refractivity contribution in [3.05, 3.63) is 40.7 Å². The van der Waals surface area contributed by atoms with Gasteiger partial charge >= 0.3 is 0 Å². The van der Waals surface area contributed by atoms with Gasteiger partial charge in [-0.25, -0.2) is 0 Å². The van der Waals surface area contributed by atoms with Crippen LogP contribution in [0.3, 0.4) is 0 Å². The van der Waals surface area contributed by atoms with E-state index in [-0.39, 0.29) is 6.10 Å². The molecular weight excluding hydrogens is 354 g/mol. The summed E-state index contributed by atoms with van der Waals surface area (Å²) >= 11 is 0. The van der Waals surface area contributed by atoms with Crippen molar-refractivity contribution in [2.45, 2.75) is 46.1 Å². The average Bonchev–Trinajstić information content (AvgIpc) is 3.32. The Bertz CT molecular complexity index is 1040. The van der Waals surface area contributed by atoms with E-state index in [9.17, 15) is 0 Å². The number of rotatable bonds is 3. The monoisotopic (exact) mass is 379 g/mol. The number of ether oxygens (including phenoxy) is 2. The smallest absolute Gasteiger partial charge is 0.181 e. The van der Waals surface area contributed by atoms with Crippen LogP contribution in [0, 0.1) is 20.8 Å². The van der Waals surface area contributed by atoms with Crippen molar-refractivity contribution < 1.29 is 9.47 Å². The molecule has 2 aliphatic rings. The van der Waals surface area contributed by atoms with E-state index in [1.165, 1.54) is 11.1 Å². The van der Waals surface area contributed by atoms with Gasteiger partial charge in [-0.1, -0.05) is 0 Å². The molecule has 1 fully saturated rings. The zero-order valence-corrected chi connectivity index (χ0v) is 16.6. The summed E-state index contributed by atoms with van der Waals surface area (Å²) in [6, 6.07) is 6.18. The molecular formula is C21H25N5O2. The van der Waals surface area contributed by atoms with E-state index in [1.807, 2.05) is 23.6 Å². The highest BCUT2D eigenvalue weighted by Crippen LogP contribution is 2.31. The first-order valence-electron chi connectivity index (χ1n) is 9.96. The second-order valence-electron chi connectivity index (χ2n) is 7.73. The molecule has 5 rings (SSSR count). The van der Waals surface area contributed by atoms with Crippen molar-refractivity contribution >= 4 is 11.5 Å². The molecule has 0 unspecified atom stereocenters. The molecule has 28 heavy (non-hydrogen) atoms. The first-order valence-corrected chi connectivity index (χ1v) is 9.96. The van der Waals surface area contributed by atoms with E-state index in [0.717, 1.165) is 73.3 Å². The summed E-state index contributed by atoms with van der Waals surface area (Å²) in [4.78, 5) is 2.36. The Labute approximate surface area is 164 Å². The molecule has 0 atom stereocenters.